The van der Waals surface area contributed by atoms with Gasteiger partial charge in [0.15, 0.2) is 23.0 Å². The summed E-state index contributed by atoms with van der Waals surface area (Å²) in [7, 11) is 6.40. The number of phenols is 1. The van der Waals surface area contributed by atoms with Crippen molar-refractivity contribution >= 4 is 0 Å². The Balaban J connectivity index is 1.57. The zero-order valence-corrected chi connectivity index (χ0v) is 17.6. The third-order valence-electron chi connectivity index (χ3n) is 5.26. The van der Waals surface area contributed by atoms with Crippen molar-refractivity contribution in [3.05, 3.63) is 41.5 Å². The molecule has 158 valence electrons. The number of hydrogen-bond donors (Lipinski definition) is 1. The molecule has 0 radical (unpaired) electrons. The molecular weight excluding hydrogens is 372 g/mol. The predicted octanol–water partition coefficient (Wildman–Crippen LogP) is 2.74. The lowest BCUT2D eigenvalue weighted by molar-refractivity contribution is 0.122. The van der Waals surface area contributed by atoms with E-state index in [2.05, 4.69) is 15.9 Å². The normalized spacial score (nSPS) is 15.2. The van der Waals surface area contributed by atoms with Crippen molar-refractivity contribution in [1.29, 1.82) is 0 Å². The summed E-state index contributed by atoms with van der Waals surface area (Å²) in [6, 6.07) is 9.82. The molecular formula is C22H30N2O5. The Labute approximate surface area is 172 Å². The molecule has 2 aromatic carbocycles. The summed E-state index contributed by atoms with van der Waals surface area (Å²) < 4.78 is 21.2. The first-order valence-corrected chi connectivity index (χ1v) is 9.67. The second kappa shape index (κ2) is 9.71. The molecule has 1 aliphatic heterocycles. The third-order valence-corrected chi connectivity index (χ3v) is 5.26. The summed E-state index contributed by atoms with van der Waals surface area (Å²) in [5.41, 5.74) is 2.27. The number of aromatic hydroxyl groups is 1. The molecule has 0 atom stereocenters. The van der Waals surface area contributed by atoms with Crippen LogP contribution < -0.4 is 18.9 Å². The topological polar surface area (TPSA) is 63.6 Å². The average Bonchev–Trinajstić information content (AvgIpc) is 2.76. The standard InChI is InChI=1S/C22H30N2O5/c1-26-18-6-5-16(11-19(18)27-2)14-23-7-9-24(10-8-23)15-17-12-20(28-3)22(25)21(13-17)29-4/h5-6,11-13,25H,7-10,14-15H2,1-4H3. The van der Waals surface area contributed by atoms with E-state index in [1.807, 2.05) is 24.3 Å². The zero-order valence-electron chi connectivity index (χ0n) is 17.6. The number of hydrogen-bond acceptors (Lipinski definition) is 7. The monoisotopic (exact) mass is 402 g/mol. The Kier molecular flexibility index (Phi) is 7.06. The van der Waals surface area contributed by atoms with E-state index in [-0.39, 0.29) is 5.75 Å². The summed E-state index contributed by atoms with van der Waals surface area (Å²) in [4.78, 5) is 4.84. The van der Waals surface area contributed by atoms with E-state index in [1.54, 1.807) is 28.4 Å². The van der Waals surface area contributed by atoms with Gasteiger partial charge >= 0.3 is 0 Å². The fourth-order valence-electron chi connectivity index (χ4n) is 3.64. The second-order valence-electron chi connectivity index (χ2n) is 7.09. The van der Waals surface area contributed by atoms with E-state index in [9.17, 15) is 5.11 Å². The van der Waals surface area contributed by atoms with E-state index in [4.69, 9.17) is 18.9 Å². The van der Waals surface area contributed by atoms with Crippen LogP contribution in [0.3, 0.4) is 0 Å². The van der Waals surface area contributed by atoms with Gasteiger partial charge in [-0.3, -0.25) is 9.80 Å². The number of methoxy groups -OCH3 is 4. The Morgan fingerprint density at radius 2 is 1.10 bits per heavy atom. The highest BCUT2D eigenvalue weighted by Gasteiger charge is 2.19. The highest BCUT2D eigenvalue weighted by Crippen LogP contribution is 2.37. The van der Waals surface area contributed by atoms with Crippen molar-refractivity contribution in [1.82, 2.24) is 9.80 Å². The van der Waals surface area contributed by atoms with E-state index >= 15 is 0 Å². The van der Waals surface area contributed by atoms with Crippen LogP contribution in [0.5, 0.6) is 28.7 Å². The minimum Gasteiger partial charge on any atom is -0.502 e. The zero-order chi connectivity index (χ0) is 20.8. The van der Waals surface area contributed by atoms with Crippen molar-refractivity contribution in [3.8, 4) is 28.7 Å². The van der Waals surface area contributed by atoms with Crippen molar-refractivity contribution in [2.45, 2.75) is 13.1 Å². The fourth-order valence-corrected chi connectivity index (χ4v) is 3.64. The van der Waals surface area contributed by atoms with Gasteiger partial charge in [-0.25, -0.2) is 0 Å². The van der Waals surface area contributed by atoms with Gasteiger partial charge in [-0.15, -0.1) is 0 Å². The number of nitrogens with zero attached hydrogens (tertiary/aromatic N) is 2. The number of phenolic OH excluding ortho intramolecular Hbond substituents is 1. The van der Waals surface area contributed by atoms with Crippen LogP contribution in [0, 0.1) is 0 Å². The van der Waals surface area contributed by atoms with Crippen LogP contribution in [0.25, 0.3) is 0 Å². The van der Waals surface area contributed by atoms with E-state index < -0.39 is 0 Å². The Bertz CT molecular complexity index is 794. The molecule has 2 aromatic rings. The van der Waals surface area contributed by atoms with E-state index in [0.29, 0.717) is 11.5 Å². The highest BCUT2D eigenvalue weighted by molar-refractivity contribution is 5.52. The smallest absolute Gasteiger partial charge is 0.200 e. The van der Waals surface area contributed by atoms with Crippen LogP contribution in [0.4, 0.5) is 0 Å². The molecule has 0 bridgehead atoms. The third kappa shape index (κ3) is 5.05. The molecule has 7 nitrogen and oxygen atoms in total. The van der Waals surface area contributed by atoms with Crippen LogP contribution >= 0.6 is 0 Å². The molecule has 0 aromatic heterocycles. The second-order valence-corrected chi connectivity index (χ2v) is 7.09. The van der Waals surface area contributed by atoms with Gasteiger partial charge in [0.05, 0.1) is 28.4 Å². The minimum atomic E-state index is 0.0403. The highest BCUT2D eigenvalue weighted by atomic mass is 16.5. The van der Waals surface area contributed by atoms with E-state index in [0.717, 1.165) is 56.3 Å². The predicted molar refractivity (Wildman–Crippen MR) is 111 cm³/mol. The van der Waals surface area contributed by atoms with Gasteiger partial charge < -0.3 is 24.1 Å². The lowest BCUT2D eigenvalue weighted by Gasteiger charge is -2.35. The molecule has 29 heavy (non-hydrogen) atoms. The maximum atomic E-state index is 10.1. The van der Waals surface area contributed by atoms with Gasteiger partial charge in [0.1, 0.15) is 0 Å². The summed E-state index contributed by atoms with van der Waals surface area (Å²) in [5.74, 6) is 2.43. The quantitative estimate of drug-likeness (QED) is 0.728. The van der Waals surface area contributed by atoms with Crippen LogP contribution in [-0.2, 0) is 13.1 Å². The number of rotatable bonds is 8. The molecule has 0 unspecified atom stereocenters. The van der Waals surface area contributed by atoms with Gasteiger partial charge in [-0.1, -0.05) is 6.07 Å². The molecule has 0 spiro atoms. The summed E-state index contributed by atoms with van der Waals surface area (Å²) in [5, 5.41) is 10.1. The number of ether oxygens (including phenoxy) is 4. The summed E-state index contributed by atoms with van der Waals surface area (Å²) in [6.07, 6.45) is 0. The van der Waals surface area contributed by atoms with Crippen molar-refractivity contribution in [2.75, 3.05) is 54.6 Å². The maximum absolute atomic E-state index is 10.1. The van der Waals surface area contributed by atoms with Crippen LogP contribution in [0.2, 0.25) is 0 Å². The molecule has 1 N–H and O–H groups in total. The lowest BCUT2D eigenvalue weighted by Crippen LogP contribution is -2.45. The summed E-state index contributed by atoms with van der Waals surface area (Å²) in [6.45, 7) is 5.59. The van der Waals surface area contributed by atoms with Crippen LogP contribution in [-0.4, -0.2) is 69.5 Å². The van der Waals surface area contributed by atoms with Crippen molar-refractivity contribution in [2.24, 2.45) is 0 Å². The molecule has 1 aliphatic rings. The molecule has 3 rings (SSSR count). The number of piperazine rings is 1. The maximum Gasteiger partial charge on any atom is 0.200 e. The summed E-state index contributed by atoms with van der Waals surface area (Å²) >= 11 is 0. The van der Waals surface area contributed by atoms with E-state index in [1.165, 1.54) is 5.56 Å². The van der Waals surface area contributed by atoms with Gasteiger partial charge in [0.25, 0.3) is 0 Å². The van der Waals surface area contributed by atoms with Gasteiger partial charge in [-0.2, -0.15) is 0 Å². The lowest BCUT2D eigenvalue weighted by atomic mass is 10.1. The molecule has 0 saturated carbocycles. The molecule has 1 saturated heterocycles. The average molecular weight is 402 g/mol. The molecule has 7 heteroatoms. The van der Waals surface area contributed by atoms with Gasteiger partial charge in [-0.05, 0) is 35.4 Å². The Morgan fingerprint density at radius 1 is 0.655 bits per heavy atom. The fraction of sp³-hybridized carbons (Fsp3) is 0.455. The molecule has 0 amide bonds. The first-order valence-electron chi connectivity index (χ1n) is 9.67. The Hall–Kier alpha value is -2.64. The first-order chi connectivity index (χ1) is 14.1. The van der Waals surface area contributed by atoms with Crippen molar-refractivity contribution < 1.29 is 24.1 Å². The van der Waals surface area contributed by atoms with Gasteiger partial charge in [0, 0.05) is 39.3 Å². The minimum absolute atomic E-state index is 0.0403. The van der Waals surface area contributed by atoms with Crippen molar-refractivity contribution in [3.63, 3.8) is 0 Å². The first kappa shape index (κ1) is 21.1. The SMILES string of the molecule is COc1ccc(CN2CCN(Cc3cc(OC)c(O)c(OC)c3)CC2)cc1OC. The van der Waals surface area contributed by atoms with Gasteiger partial charge in [0.2, 0.25) is 5.75 Å². The van der Waals surface area contributed by atoms with Crippen LogP contribution in [0.1, 0.15) is 11.1 Å². The largest absolute Gasteiger partial charge is 0.502 e. The molecule has 0 aliphatic carbocycles. The Morgan fingerprint density at radius 3 is 1.59 bits per heavy atom. The number of benzene rings is 2. The molecule has 1 fully saturated rings. The van der Waals surface area contributed by atoms with Crippen LogP contribution in [0.15, 0.2) is 30.3 Å². The molecule has 1 heterocycles.